The minimum atomic E-state index is -0.175. The molecule has 0 radical (unpaired) electrons. The topological polar surface area (TPSA) is 93.0 Å². The van der Waals surface area contributed by atoms with E-state index in [1.165, 1.54) is 0 Å². The number of ether oxygens (including phenoxy) is 2. The maximum absolute atomic E-state index is 13.2. The van der Waals surface area contributed by atoms with Crippen LogP contribution in [0.4, 0.5) is 0 Å². The Labute approximate surface area is 211 Å². The number of nitrogens with zero attached hydrogens (tertiary/aromatic N) is 1. The number of rotatable bonds is 10. The number of benzene rings is 2. The van der Waals surface area contributed by atoms with Gasteiger partial charge in [-0.05, 0) is 53.4 Å². The first-order chi connectivity index (χ1) is 17.4. The van der Waals surface area contributed by atoms with E-state index in [2.05, 4.69) is 24.5 Å². The van der Waals surface area contributed by atoms with Gasteiger partial charge in [-0.3, -0.25) is 14.5 Å². The van der Waals surface area contributed by atoms with Gasteiger partial charge in [-0.1, -0.05) is 32.0 Å². The van der Waals surface area contributed by atoms with E-state index in [0.717, 1.165) is 22.6 Å². The maximum atomic E-state index is 13.2. The van der Waals surface area contributed by atoms with Crippen LogP contribution in [-0.2, 0) is 17.9 Å². The first-order valence-corrected chi connectivity index (χ1v) is 12.2. The van der Waals surface area contributed by atoms with Crippen LogP contribution in [0.1, 0.15) is 47.1 Å². The third-order valence-corrected chi connectivity index (χ3v) is 6.08. The van der Waals surface area contributed by atoms with E-state index in [1.54, 1.807) is 25.4 Å². The molecule has 1 aliphatic heterocycles. The zero-order chi connectivity index (χ0) is 25.5. The molecule has 8 heteroatoms. The lowest BCUT2D eigenvalue weighted by atomic mass is 9.95. The average molecular weight is 492 g/mol. The van der Waals surface area contributed by atoms with Gasteiger partial charge in [-0.15, -0.1) is 0 Å². The Morgan fingerprint density at radius 1 is 0.972 bits per heavy atom. The van der Waals surface area contributed by atoms with Crippen LogP contribution in [-0.4, -0.2) is 43.5 Å². The smallest absolute Gasteiger partial charge is 0.251 e. The molecule has 8 nitrogen and oxygen atoms in total. The average Bonchev–Trinajstić information content (AvgIpc) is 3.40. The summed E-state index contributed by atoms with van der Waals surface area (Å²) >= 11 is 0. The maximum Gasteiger partial charge on any atom is 0.251 e. The molecule has 1 unspecified atom stereocenters. The van der Waals surface area contributed by atoms with Crippen LogP contribution >= 0.6 is 0 Å². The van der Waals surface area contributed by atoms with Gasteiger partial charge in [0.2, 0.25) is 5.91 Å². The van der Waals surface area contributed by atoms with Gasteiger partial charge in [-0.25, -0.2) is 0 Å². The molecule has 2 amide bonds. The van der Waals surface area contributed by atoms with E-state index >= 15 is 0 Å². The SMILES string of the molecule is CNC(=O)c1ccc(CN(CC(=O)NC(c2ccc3c(c2)OCCO3)C(C)C)Cc2ccco2)cc1. The highest BCUT2D eigenvalue weighted by molar-refractivity contribution is 5.93. The van der Waals surface area contributed by atoms with Crippen molar-refractivity contribution in [2.24, 2.45) is 5.92 Å². The summed E-state index contributed by atoms with van der Waals surface area (Å²) in [5.74, 6) is 2.16. The second kappa shape index (κ2) is 11.8. The van der Waals surface area contributed by atoms with Gasteiger partial charge in [0.25, 0.3) is 5.91 Å². The normalized spacial score (nSPS) is 13.5. The van der Waals surface area contributed by atoms with E-state index in [9.17, 15) is 9.59 Å². The van der Waals surface area contributed by atoms with Crippen LogP contribution in [0.25, 0.3) is 0 Å². The molecule has 3 aromatic rings. The summed E-state index contributed by atoms with van der Waals surface area (Å²) < 4.78 is 16.9. The number of amides is 2. The minimum absolute atomic E-state index is 0.0860. The first-order valence-electron chi connectivity index (χ1n) is 12.2. The number of nitrogens with one attached hydrogen (secondary N) is 2. The fourth-order valence-electron chi connectivity index (χ4n) is 4.27. The van der Waals surface area contributed by atoms with Gasteiger partial charge < -0.3 is 24.5 Å². The van der Waals surface area contributed by atoms with Crippen molar-refractivity contribution in [3.8, 4) is 11.5 Å². The van der Waals surface area contributed by atoms with Crippen molar-refractivity contribution in [1.82, 2.24) is 15.5 Å². The molecule has 0 fully saturated rings. The summed E-state index contributed by atoms with van der Waals surface area (Å²) in [6.07, 6.45) is 1.63. The lowest BCUT2D eigenvalue weighted by Crippen LogP contribution is -2.39. The molecule has 190 valence electrons. The lowest BCUT2D eigenvalue weighted by Gasteiger charge is -2.27. The molecule has 2 heterocycles. The number of carbonyl (C=O) groups is 2. The molecule has 0 saturated carbocycles. The van der Waals surface area contributed by atoms with Gasteiger partial charge in [0.1, 0.15) is 19.0 Å². The Bertz CT molecular complexity index is 1160. The van der Waals surface area contributed by atoms with E-state index in [4.69, 9.17) is 13.9 Å². The molecule has 4 rings (SSSR count). The Morgan fingerprint density at radius 3 is 2.39 bits per heavy atom. The fraction of sp³-hybridized carbons (Fsp3) is 0.357. The summed E-state index contributed by atoms with van der Waals surface area (Å²) in [4.78, 5) is 27.1. The third kappa shape index (κ3) is 6.46. The zero-order valence-electron chi connectivity index (χ0n) is 21.0. The summed E-state index contributed by atoms with van der Waals surface area (Å²) in [7, 11) is 1.61. The molecule has 2 N–H and O–H groups in total. The highest BCUT2D eigenvalue weighted by Crippen LogP contribution is 2.34. The Morgan fingerprint density at radius 2 is 1.72 bits per heavy atom. The molecular weight excluding hydrogens is 458 g/mol. The van der Waals surface area contributed by atoms with Crippen molar-refractivity contribution >= 4 is 11.8 Å². The molecule has 0 saturated heterocycles. The number of fused-ring (bicyclic) bond motifs is 1. The van der Waals surface area contributed by atoms with Crippen molar-refractivity contribution in [3.05, 3.63) is 83.3 Å². The van der Waals surface area contributed by atoms with Crippen LogP contribution < -0.4 is 20.1 Å². The van der Waals surface area contributed by atoms with Crippen molar-refractivity contribution < 1.29 is 23.5 Å². The molecule has 0 spiro atoms. The van der Waals surface area contributed by atoms with Crippen LogP contribution in [0.2, 0.25) is 0 Å². The number of carbonyl (C=O) groups excluding carboxylic acids is 2. The Hall–Kier alpha value is -3.78. The molecule has 1 aliphatic rings. The van der Waals surface area contributed by atoms with E-state index in [0.29, 0.717) is 37.6 Å². The highest BCUT2D eigenvalue weighted by atomic mass is 16.6. The van der Waals surface area contributed by atoms with Gasteiger partial charge in [0, 0.05) is 19.2 Å². The van der Waals surface area contributed by atoms with Crippen LogP contribution in [0, 0.1) is 5.92 Å². The second-order valence-corrected chi connectivity index (χ2v) is 9.19. The van der Waals surface area contributed by atoms with Crippen LogP contribution in [0.5, 0.6) is 11.5 Å². The number of hydrogen-bond donors (Lipinski definition) is 2. The standard InChI is InChI=1S/C28H33N3O5/c1-19(2)27(22-10-11-24-25(15-22)36-14-13-35-24)30-26(32)18-31(17-23-5-4-12-34-23)16-20-6-8-21(9-7-20)28(33)29-3/h4-12,15,19,27H,13-14,16-18H2,1-3H3,(H,29,33)(H,30,32). The van der Waals surface area contributed by atoms with Gasteiger partial charge >= 0.3 is 0 Å². The first kappa shape index (κ1) is 25.3. The predicted octanol–water partition coefficient (Wildman–Crippen LogP) is 3.93. The Kier molecular flexibility index (Phi) is 8.28. The fourth-order valence-corrected chi connectivity index (χ4v) is 4.27. The van der Waals surface area contributed by atoms with E-state index in [-0.39, 0.29) is 30.3 Å². The lowest BCUT2D eigenvalue weighted by molar-refractivity contribution is -0.123. The van der Waals surface area contributed by atoms with Crippen molar-refractivity contribution in [2.45, 2.75) is 33.0 Å². The molecule has 36 heavy (non-hydrogen) atoms. The predicted molar refractivity (Wildman–Crippen MR) is 136 cm³/mol. The minimum Gasteiger partial charge on any atom is -0.486 e. The summed E-state index contributed by atoms with van der Waals surface area (Å²) in [6, 6.07) is 16.8. The highest BCUT2D eigenvalue weighted by Gasteiger charge is 2.23. The summed E-state index contributed by atoms with van der Waals surface area (Å²) in [5, 5.41) is 5.83. The quantitative estimate of drug-likeness (QED) is 0.447. The molecule has 0 aliphatic carbocycles. The molecular formula is C28H33N3O5. The Balaban J connectivity index is 1.46. The molecule has 1 atom stereocenters. The number of furan rings is 1. The largest absolute Gasteiger partial charge is 0.486 e. The molecule has 1 aromatic heterocycles. The number of hydrogen-bond acceptors (Lipinski definition) is 6. The van der Waals surface area contributed by atoms with Gasteiger partial charge in [-0.2, -0.15) is 0 Å². The van der Waals surface area contributed by atoms with Crippen molar-refractivity contribution in [3.63, 3.8) is 0 Å². The van der Waals surface area contributed by atoms with E-state index in [1.807, 2.05) is 47.4 Å². The molecule has 0 bridgehead atoms. The summed E-state index contributed by atoms with van der Waals surface area (Å²) in [5.41, 5.74) is 2.56. The van der Waals surface area contributed by atoms with E-state index < -0.39 is 0 Å². The second-order valence-electron chi connectivity index (χ2n) is 9.19. The molecule has 2 aromatic carbocycles. The van der Waals surface area contributed by atoms with Crippen molar-refractivity contribution in [2.75, 3.05) is 26.8 Å². The van der Waals surface area contributed by atoms with Crippen LogP contribution in [0.3, 0.4) is 0 Å². The monoisotopic (exact) mass is 491 g/mol. The zero-order valence-corrected chi connectivity index (χ0v) is 21.0. The summed E-state index contributed by atoms with van der Waals surface area (Å²) in [6.45, 7) is 6.41. The van der Waals surface area contributed by atoms with Crippen LogP contribution in [0.15, 0.2) is 65.3 Å². The van der Waals surface area contributed by atoms with Gasteiger partial charge in [0.15, 0.2) is 11.5 Å². The van der Waals surface area contributed by atoms with Crippen molar-refractivity contribution in [1.29, 1.82) is 0 Å². The van der Waals surface area contributed by atoms with Gasteiger partial charge in [0.05, 0.1) is 25.4 Å². The third-order valence-electron chi connectivity index (χ3n) is 6.08.